The fraction of sp³-hybridized carbons (Fsp3) is 0.667. The van der Waals surface area contributed by atoms with Crippen LogP contribution in [0, 0.1) is 5.92 Å². The number of alkyl halides is 3. The monoisotopic (exact) mass is 297 g/mol. The van der Waals surface area contributed by atoms with Gasteiger partial charge in [-0.05, 0) is 12.8 Å². The maximum Gasteiger partial charge on any atom is 0.403 e. The summed E-state index contributed by atoms with van der Waals surface area (Å²) in [6.45, 7) is 0. The third-order valence-corrected chi connectivity index (χ3v) is 3.70. The van der Waals surface area contributed by atoms with E-state index in [-0.39, 0.29) is 11.2 Å². The molecule has 19 heavy (non-hydrogen) atoms. The van der Waals surface area contributed by atoms with Crippen molar-refractivity contribution >= 4 is 17.7 Å². The molecule has 0 bridgehead atoms. The van der Waals surface area contributed by atoms with E-state index >= 15 is 0 Å². The van der Waals surface area contributed by atoms with Crippen LogP contribution >= 0.6 is 11.8 Å². The van der Waals surface area contributed by atoms with Gasteiger partial charge in [0.15, 0.2) is 11.1 Å². The van der Waals surface area contributed by atoms with Crippen LogP contribution < -0.4 is 5.69 Å². The van der Waals surface area contributed by atoms with E-state index in [0.717, 1.165) is 12.8 Å². The Balaban J connectivity index is 2.09. The van der Waals surface area contributed by atoms with E-state index in [4.69, 9.17) is 5.11 Å². The summed E-state index contributed by atoms with van der Waals surface area (Å²) in [4.78, 5) is 22.0. The molecule has 1 aromatic heterocycles. The zero-order valence-corrected chi connectivity index (χ0v) is 10.3. The number of rotatable bonds is 5. The van der Waals surface area contributed by atoms with Gasteiger partial charge in [-0.3, -0.25) is 9.36 Å². The van der Waals surface area contributed by atoms with Gasteiger partial charge in [-0.15, -0.1) is 5.10 Å². The molecule has 0 radical (unpaired) electrons. The van der Waals surface area contributed by atoms with Crippen LogP contribution in [-0.2, 0) is 4.79 Å². The molecule has 0 aliphatic heterocycles. The predicted octanol–water partition coefficient (Wildman–Crippen LogP) is 1.26. The number of aliphatic carboxylic acids is 1. The number of aromatic nitrogens is 3. The summed E-state index contributed by atoms with van der Waals surface area (Å²) in [5, 5.41) is 14.4. The summed E-state index contributed by atoms with van der Waals surface area (Å²) >= 11 is 0.619. The van der Waals surface area contributed by atoms with E-state index in [1.54, 1.807) is 0 Å². The van der Waals surface area contributed by atoms with Gasteiger partial charge in [0.1, 0.15) is 0 Å². The van der Waals surface area contributed by atoms with Gasteiger partial charge in [0.25, 0.3) is 0 Å². The molecule has 1 aliphatic carbocycles. The van der Waals surface area contributed by atoms with Crippen LogP contribution in [0.5, 0.6) is 0 Å². The number of aromatic amines is 1. The highest BCUT2D eigenvalue weighted by molar-refractivity contribution is 7.99. The first-order chi connectivity index (χ1) is 8.80. The smallest absolute Gasteiger partial charge is 0.403 e. The molecule has 0 aromatic carbocycles. The number of hydrogen-bond acceptors (Lipinski definition) is 4. The molecule has 1 unspecified atom stereocenters. The van der Waals surface area contributed by atoms with Gasteiger partial charge in [0.2, 0.25) is 0 Å². The lowest BCUT2D eigenvalue weighted by Crippen LogP contribution is -2.32. The van der Waals surface area contributed by atoms with E-state index < -0.39 is 29.5 Å². The zero-order valence-electron chi connectivity index (χ0n) is 9.48. The van der Waals surface area contributed by atoms with Gasteiger partial charge in [0, 0.05) is 11.8 Å². The second kappa shape index (κ2) is 4.91. The van der Waals surface area contributed by atoms with E-state index in [0.29, 0.717) is 11.8 Å². The van der Waals surface area contributed by atoms with Gasteiger partial charge < -0.3 is 5.11 Å². The zero-order chi connectivity index (χ0) is 14.2. The molecule has 1 atom stereocenters. The summed E-state index contributed by atoms with van der Waals surface area (Å²) in [5.74, 6) is -5.12. The van der Waals surface area contributed by atoms with Crippen molar-refractivity contribution in [2.75, 3.05) is 5.75 Å². The Morgan fingerprint density at radius 3 is 2.68 bits per heavy atom. The van der Waals surface area contributed by atoms with E-state index in [1.165, 1.54) is 4.57 Å². The normalized spacial score (nSPS) is 17.4. The second-order valence-electron chi connectivity index (χ2n) is 4.16. The first-order valence-electron chi connectivity index (χ1n) is 5.40. The standard InChI is InChI=1S/C9H10F3N3O3S/c10-9(11,12)5(6(16)17)3-19-8-14-13-7(18)15(8)4-1-2-4/h4-5H,1-3H2,(H,13,18)(H,16,17). The summed E-state index contributed by atoms with van der Waals surface area (Å²) in [6.07, 6.45) is -3.27. The molecule has 1 heterocycles. The molecule has 2 N–H and O–H groups in total. The molecule has 1 saturated carbocycles. The number of carboxylic acid groups (broad SMARTS) is 1. The van der Waals surface area contributed by atoms with Crippen LogP contribution in [-0.4, -0.2) is 37.8 Å². The SMILES string of the molecule is O=C(O)C(CSc1n[nH]c(=O)n1C1CC1)C(F)(F)F. The Hall–Kier alpha value is -1.45. The average molecular weight is 297 g/mol. The van der Waals surface area contributed by atoms with Crippen LogP contribution in [0.3, 0.4) is 0 Å². The first-order valence-corrected chi connectivity index (χ1v) is 6.38. The molecule has 106 valence electrons. The third kappa shape index (κ3) is 3.11. The van der Waals surface area contributed by atoms with Crippen molar-refractivity contribution in [2.45, 2.75) is 30.2 Å². The largest absolute Gasteiger partial charge is 0.481 e. The molecule has 0 spiro atoms. The second-order valence-corrected chi connectivity index (χ2v) is 5.14. The third-order valence-electron chi connectivity index (χ3n) is 2.66. The van der Waals surface area contributed by atoms with Crippen molar-refractivity contribution in [3.63, 3.8) is 0 Å². The summed E-state index contributed by atoms with van der Waals surface area (Å²) in [6, 6.07) is -0.0390. The number of hydrogen-bond donors (Lipinski definition) is 2. The Kier molecular flexibility index (Phi) is 3.61. The number of thioether (sulfide) groups is 1. The molecule has 1 fully saturated rings. The van der Waals surface area contributed by atoms with Crippen molar-refractivity contribution < 1.29 is 23.1 Å². The Morgan fingerprint density at radius 2 is 2.21 bits per heavy atom. The number of H-pyrrole nitrogens is 1. The lowest BCUT2D eigenvalue weighted by molar-refractivity contribution is -0.188. The quantitative estimate of drug-likeness (QED) is 0.799. The molecule has 0 saturated heterocycles. The first kappa shape index (κ1) is 14.0. The highest BCUT2D eigenvalue weighted by atomic mass is 32.2. The lowest BCUT2D eigenvalue weighted by Gasteiger charge is -2.15. The van der Waals surface area contributed by atoms with E-state index in [2.05, 4.69) is 10.2 Å². The fourth-order valence-electron chi connectivity index (χ4n) is 1.51. The maximum atomic E-state index is 12.5. The Morgan fingerprint density at radius 1 is 1.58 bits per heavy atom. The van der Waals surface area contributed by atoms with Gasteiger partial charge in [-0.1, -0.05) is 11.8 Å². The number of nitrogens with zero attached hydrogens (tertiary/aromatic N) is 2. The summed E-state index contributed by atoms with van der Waals surface area (Å²) < 4.78 is 38.7. The number of halogens is 3. The fourth-order valence-corrected chi connectivity index (χ4v) is 2.64. The van der Waals surface area contributed by atoms with Crippen LogP contribution in [0.2, 0.25) is 0 Å². The van der Waals surface area contributed by atoms with Gasteiger partial charge in [0.05, 0.1) is 0 Å². The minimum atomic E-state index is -4.82. The molecule has 1 aromatic rings. The summed E-state index contributed by atoms with van der Waals surface area (Å²) in [5.41, 5.74) is -0.483. The molecule has 0 amide bonds. The number of nitrogens with one attached hydrogen (secondary N) is 1. The highest BCUT2D eigenvalue weighted by Crippen LogP contribution is 2.37. The van der Waals surface area contributed by atoms with Crippen LogP contribution in [0.15, 0.2) is 9.95 Å². The van der Waals surface area contributed by atoms with Crippen LogP contribution in [0.4, 0.5) is 13.2 Å². The van der Waals surface area contributed by atoms with Crippen molar-refractivity contribution in [1.29, 1.82) is 0 Å². The highest BCUT2D eigenvalue weighted by Gasteiger charge is 2.45. The minimum Gasteiger partial charge on any atom is -0.481 e. The van der Waals surface area contributed by atoms with Crippen molar-refractivity contribution in [1.82, 2.24) is 14.8 Å². The van der Waals surface area contributed by atoms with E-state index in [1.807, 2.05) is 0 Å². The van der Waals surface area contributed by atoms with Crippen LogP contribution in [0.25, 0.3) is 0 Å². The van der Waals surface area contributed by atoms with Crippen molar-refractivity contribution in [2.24, 2.45) is 5.92 Å². The van der Waals surface area contributed by atoms with Gasteiger partial charge >= 0.3 is 17.8 Å². The van der Waals surface area contributed by atoms with E-state index in [9.17, 15) is 22.8 Å². The predicted molar refractivity (Wildman–Crippen MR) is 59.0 cm³/mol. The maximum absolute atomic E-state index is 12.5. The number of carboxylic acids is 1. The Bertz CT molecular complexity index is 535. The topological polar surface area (TPSA) is 88.0 Å². The molecule has 2 rings (SSSR count). The van der Waals surface area contributed by atoms with Crippen molar-refractivity contribution in [3.05, 3.63) is 10.5 Å². The molecule has 10 heteroatoms. The molecule has 6 nitrogen and oxygen atoms in total. The molecular formula is C9H10F3N3O3S. The van der Waals surface area contributed by atoms with Crippen molar-refractivity contribution in [3.8, 4) is 0 Å². The minimum absolute atomic E-state index is 0.0390. The lowest BCUT2D eigenvalue weighted by atomic mass is 10.2. The van der Waals surface area contributed by atoms with Gasteiger partial charge in [-0.25, -0.2) is 9.89 Å². The van der Waals surface area contributed by atoms with Gasteiger partial charge in [-0.2, -0.15) is 13.2 Å². The van der Waals surface area contributed by atoms with Crippen LogP contribution in [0.1, 0.15) is 18.9 Å². The summed E-state index contributed by atoms with van der Waals surface area (Å²) in [7, 11) is 0. The molecule has 1 aliphatic rings. The Labute approximate surface area is 109 Å². The number of carbonyl (C=O) groups is 1. The average Bonchev–Trinajstić information content (AvgIpc) is 3.02. The molecular weight excluding hydrogens is 287 g/mol.